The number of aromatic nitrogens is 1. The molecule has 2 N–H and O–H groups in total. The first kappa shape index (κ1) is 22.0. The fourth-order valence-corrected chi connectivity index (χ4v) is 5.18. The van der Waals surface area contributed by atoms with Crippen molar-refractivity contribution in [3.05, 3.63) is 78.5 Å². The second-order valence-corrected chi connectivity index (χ2v) is 9.56. The van der Waals surface area contributed by atoms with Crippen LogP contribution in [-0.2, 0) is 10.0 Å². The van der Waals surface area contributed by atoms with Crippen LogP contribution in [0, 0.1) is 0 Å². The molecule has 7 nitrogen and oxygen atoms in total. The zero-order chi connectivity index (χ0) is 22.8. The first-order chi connectivity index (χ1) is 15.3. The first-order valence-electron chi connectivity index (χ1n) is 10.4. The number of nitrogens with one attached hydrogen (secondary N) is 1. The molecule has 0 saturated carbocycles. The number of aliphatic hydroxyl groups is 1. The maximum atomic E-state index is 12.9. The molecular weight excluding hydrogens is 426 g/mol. The van der Waals surface area contributed by atoms with Gasteiger partial charge in [-0.3, -0.25) is 14.5 Å². The highest BCUT2D eigenvalue weighted by Crippen LogP contribution is 2.26. The van der Waals surface area contributed by atoms with E-state index in [2.05, 4.69) is 9.71 Å². The normalized spacial score (nSPS) is 16.4. The molecule has 1 aromatic heterocycles. The summed E-state index contributed by atoms with van der Waals surface area (Å²) in [6, 6.07) is 14.9. The molecule has 0 unspecified atom stereocenters. The number of carbonyl (C=O) groups excluding carboxylic acids is 1. The van der Waals surface area contributed by atoms with Gasteiger partial charge in [0.15, 0.2) is 0 Å². The van der Waals surface area contributed by atoms with E-state index in [4.69, 9.17) is 0 Å². The molecule has 4 rings (SSSR count). The third-order valence-electron chi connectivity index (χ3n) is 5.66. The number of amides is 1. The van der Waals surface area contributed by atoms with Crippen molar-refractivity contribution in [1.82, 2.24) is 9.88 Å². The lowest BCUT2D eigenvalue weighted by atomic mass is 9.91. The topological polar surface area (TPSA) is 99.6 Å². The molecular formula is C24H25N3O4S. The predicted molar refractivity (Wildman–Crippen MR) is 124 cm³/mol. The van der Waals surface area contributed by atoms with Crippen LogP contribution >= 0.6 is 0 Å². The van der Waals surface area contributed by atoms with E-state index >= 15 is 0 Å². The summed E-state index contributed by atoms with van der Waals surface area (Å²) in [4.78, 5) is 18.8. The van der Waals surface area contributed by atoms with Gasteiger partial charge in [0.1, 0.15) is 4.90 Å². The minimum absolute atomic E-state index is 0.0951. The van der Waals surface area contributed by atoms with Crippen molar-refractivity contribution in [2.75, 3.05) is 17.8 Å². The molecule has 1 fully saturated rings. The number of piperidine rings is 1. The van der Waals surface area contributed by atoms with E-state index in [1.807, 2.05) is 25.1 Å². The first-order valence-corrected chi connectivity index (χ1v) is 11.9. The van der Waals surface area contributed by atoms with Gasteiger partial charge < -0.3 is 10.0 Å². The third kappa shape index (κ3) is 4.51. The standard InChI is InChI=1S/C24H25N3O4S/c1-2-12-24(29)13-16-27(17-14-24)23(28)19-8-10-20(11-9-19)26-32(30,31)21-7-3-5-18-6-4-15-25-22(18)21/h2-12,15,26,29H,13-14,16-17H2,1H3/b12-2+. The van der Waals surface area contributed by atoms with Gasteiger partial charge >= 0.3 is 0 Å². The quantitative estimate of drug-likeness (QED) is 0.578. The molecule has 0 spiro atoms. The number of nitrogens with zero attached hydrogens (tertiary/aromatic N) is 2. The van der Waals surface area contributed by atoms with E-state index in [0.717, 1.165) is 5.39 Å². The number of allylic oxidation sites excluding steroid dienone is 1. The van der Waals surface area contributed by atoms with Crippen LogP contribution in [0.2, 0.25) is 0 Å². The molecule has 1 amide bonds. The number of rotatable bonds is 5. The average molecular weight is 452 g/mol. The van der Waals surface area contributed by atoms with Crippen molar-refractivity contribution in [2.24, 2.45) is 0 Å². The third-order valence-corrected chi connectivity index (χ3v) is 7.08. The Morgan fingerprint density at radius 2 is 1.78 bits per heavy atom. The Morgan fingerprint density at radius 3 is 2.47 bits per heavy atom. The van der Waals surface area contributed by atoms with Crippen molar-refractivity contribution in [1.29, 1.82) is 0 Å². The Labute approximate surface area is 187 Å². The number of hydrogen-bond acceptors (Lipinski definition) is 5. The SMILES string of the molecule is C/C=C/C1(O)CCN(C(=O)c2ccc(NS(=O)(=O)c3cccc4cccnc34)cc2)CC1. The van der Waals surface area contributed by atoms with Crippen molar-refractivity contribution in [3.8, 4) is 0 Å². The Morgan fingerprint density at radius 1 is 1.09 bits per heavy atom. The van der Waals surface area contributed by atoms with Gasteiger partial charge in [-0.2, -0.15) is 0 Å². The Bertz CT molecular complexity index is 1260. The van der Waals surface area contributed by atoms with Crippen LogP contribution < -0.4 is 4.72 Å². The molecule has 0 aliphatic carbocycles. The number of hydrogen-bond donors (Lipinski definition) is 2. The van der Waals surface area contributed by atoms with Crippen LogP contribution in [0.4, 0.5) is 5.69 Å². The minimum Gasteiger partial charge on any atom is -0.386 e. The van der Waals surface area contributed by atoms with Crippen molar-refractivity contribution < 1.29 is 18.3 Å². The van der Waals surface area contributed by atoms with E-state index in [0.29, 0.717) is 42.7 Å². The molecule has 32 heavy (non-hydrogen) atoms. The maximum absolute atomic E-state index is 12.9. The lowest BCUT2D eigenvalue weighted by Crippen LogP contribution is -2.45. The number of pyridine rings is 1. The lowest BCUT2D eigenvalue weighted by molar-refractivity contribution is 0.0186. The summed E-state index contributed by atoms with van der Waals surface area (Å²) in [5.41, 5.74) is 0.369. The number of likely N-dealkylation sites (tertiary alicyclic amines) is 1. The minimum atomic E-state index is -3.85. The number of anilines is 1. The summed E-state index contributed by atoms with van der Waals surface area (Å²) in [5, 5.41) is 11.2. The number of carbonyl (C=O) groups is 1. The largest absolute Gasteiger partial charge is 0.386 e. The smallest absolute Gasteiger partial charge is 0.264 e. The highest BCUT2D eigenvalue weighted by Gasteiger charge is 2.31. The summed E-state index contributed by atoms with van der Waals surface area (Å²) in [6.07, 6.45) is 6.13. The van der Waals surface area contributed by atoms with Crippen molar-refractivity contribution in [2.45, 2.75) is 30.3 Å². The summed E-state index contributed by atoms with van der Waals surface area (Å²) in [7, 11) is -3.85. The fourth-order valence-electron chi connectivity index (χ4n) is 3.94. The van der Waals surface area contributed by atoms with Crippen LogP contribution in [-0.4, -0.2) is 48.0 Å². The summed E-state index contributed by atoms with van der Waals surface area (Å²) >= 11 is 0. The Hall–Kier alpha value is -3.23. The zero-order valence-corrected chi connectivity index (χ0v) is 18.5. The number of benzene rings is 2. The molecule has 2 aromatic carbocycles. The molecule has 1 aliphatic heterocycles. The van der Waals surface area contributed by atoms with Gasteiger partial charge in [-0.15, -0.1) is 0 Å². The molecule has 1 saturated heterocycles. The van der Waals surface area contributed by atoms with E-state index in [-0.39, 0.29) is 10.8 Å². The number of para-hydroxylation sites is 1. The van der Waals surface area contributed by atoms with Gasteiger partial charge in [0.2, 0.25) is 0 Å². The van der Waals surface area contributed by atoms with Crippen LogP contribution in [0.3, 0.4) is 0 Å². The van der Waals surface area contributed by atoms with Gasteiger partial charge in [0.05, 0.1) is 11.1 Å². The molecule has 8 heteroatoms. The summed E-state index contributed by atoms with van der Waals surface area (Å²) in [5.74, 6) is -0.139. The Balaban J connectivity index is 1.48. The average Bonchev–Trinajstić information content (AvgIpc) is 2.79. The fraction of sp³-hybridized carbons (Fsp3) is 0.250. The maximum Gasteiger partial charge on any atom is 0.264 e. The van der Waals surface area contributed by atoms with Crippen LogP contribution in [0.5, 0.6) is 0 Å². The predicted octanol–water partition coefficient (Wildman–Crippen LogP) is 3.58. The number of fused-ring (bicyclic) bond motifs is 1. The second kappa shape index (κ2) is 8.72. The van der Waals surface area contributed by atoms with Gasteiger partial charge in [-0.05, 0) is 56.2 Å². The molecule has 0 radical (unpaired) electrons. The van der Waals surface area contributed by atoms with Gasteiger partial charge in [0, 0.05) is 35.9 Å². The number of sulfonamides is 1. The van der Waals surface area contributed by atoms with Crippen LogP contribution in [0.1, 0.15) is 30.1 Å². The van der Waals surface area contributed by atoms with E-state index < -0.39 is 15.6 Å². The molecule has 1 aliphatic rings. The molecule has 166 valence electrons. The van der Waals surface area contributed by atoms with E-state index in [1.54, 1.807) is 53.6 Å². The van der Waals surface area contributed by atoms with Gasteiger partial charge in [0.25, 0.3) is 15.9 Å². The highest BCUT2D eigenvalue weighted by atomic mass is 32.2. The van der Waals surface area contributed by atoms with Crippen molar-refractivity contribution >= 4 is 32.5 Å². The summed E-state index contributed by atoms with van der Waals surface area (Å²) in [6.45, 7) is 2.78. The molecule has 3 aromatic rings. The highest BCUT2D eigenvalue weighted by molar-refractivity contribution is 7.93. The molecule has 0 bridgehead atoms. The molecule has 0 atom stereocenters. The second-order valence-electron chi connectivity index (χ2n) is 7.91. The van der Waals surface area contributed by atoms with Crippen LogP contribution in [0.15, 0.2) is 77.8 Å². The zero-order valence-electron chi connectivity index (χ0n) is 17.7. The molecule has 2 heterocycles. The van der Waals surface area contributed by atoms with Gasteiger partial charge in [-0.1, -0.05) is 30.4 Å². The van der Waals surface area contributed by atoms with E-state index in [1.165, 1.54) is 6.07 Å². The van der Waals surface area contributed by atoms with Gasteiger partial charge in [-0.25, -0.2) is 8.42 Å². The lowest BCUT2D eigenvalue weighted by Gasteiger charge is -2.36. The monoisotopic (exact) mass is 451 g/mol. The van der Waals surface area contributed by atoms with E-state index in [9.17, 15) is 18.3 Å². The van der Waals surface area contributed by atoms with Crippen molar-refractivity contribution in [3.63, 3.8) is 0 Å². The summed E-state index contributed by atoms with van der Waals surface area (Å²) < 4.78 is 28.4. The Kier molecular flexibility index (Phi) is 5.99. The van der Waals surface area contributed by atoms with Crippen LogP contribution in [0.25, 0.3) is 10.9 Å².